The smallest absolute Gasteiger partial charge is 0.280 e. The van der Waals surface area contributed by atoms with Crippen molar-refractivity contribution in [1.29, 1.82) is 0 Å². The molecule has 10 nitrogen and oxygen atoms in total. The summed E-state index contributed by atoms with van der Waals surface area (Å²) < 4.78 is 9.20. The molecular weight excluding hydrogens is 570 g/mol. The fourth-order valence-corrected chi connectivity index (χ4v) is 6.14. The number of aromatic nitrogens is 5. The van der Waals surface area contributed by atoms with Gasteiger partial charge in [-0.2, -0.15) is 21.1 Å². The first-order valence-corrected chi connectivity index (χ1v) is 14.7. The Morgan fingerprint density at radius 2 is 2.00 bits per heavy atom. The number of morpholine rings is 1. The molecule has 6 rings (SSSR count). The Bertz CT molecular complexity index is 1680. The Balaban J connectivity index is 1.41. The molecule has 204 valence electrons. The molecule has 0 aromatic carbocycles. The van der Waals surface area contributed by atoms with Gasteiger partial charge in [-0.05, 0) is 35.7 Å². The Kier molecular flexibility index (Phi) is 7.73. The molecule has 40 heavy (non-hydrogen) atoms. The molecule has 0 aliphatic carbocycles. The van der Waals surface area contributed by atoms with Crippen molar-refractivity contribution >= 4 is 51.8 Å². The Hall–Kier alpha value is -3.84. The Morgan fingerprint density at radius 3 is 2.73 bits per heavy atom. The third kappa shape index (κ3) is 5.56. The largest absolute Gasteiger partial charge is 0.378 e. The number of ether oxygens (including phenoxy) is 1. The van der Waals surface area contributed by atoms with E-state index in [0.29, 0.717) is 65.5 Å². The first-order chi connectivity index (χ1) is 19.6. The van der Waals surface area contributed by atoms with Crippen molar-refractivity contribution in [3.63, 3.8) is 0 Å². The lowest BCUT2D eigenvalue weighted by Crippen LogP contribution is -2.40. The van der Waals surface area contributed by atoms with Crippen LogP contribution in [0.2, 0.25) is 4.34 Å². The summed E-state index contributed by atoms with van der Waals surface area (Å²) in [7, 11) is 0. The van der Waals surface area contributed by atoms with Crippen LogP contribution in [-0.2, 0) is 17.8 Å². The molecule has 0 spiro atoms. The van der Waals surface area contributed by atoms with Gasteiger partial charge in [0, 0.05) is 41.8 Å². The van der Waals surface area contributed by atoms with Gasteiger partial charge in [0.25, 0.3) is 11.5 Å². The van der Waals surface area contributed by atoms with Gasteiger partial charge in [-0.15, -0.1) is 11.3 Å². The minimum atomic E-state index is -0.288. The molecule has 1 aliphatic rings. The van der Waals surface area contributed by atoms with Crippen LogP contribution in [0.1, 0.15) is 20.9 Å². The number of halogens is 1. The summed E-state index contributed by atoms with van der Waals surface area (Å²) in [6.07, 6.45) is 4.85. The maximum atomic E-state index is 14.0. The van der Waals surface area contributed by atoms with Crippen molar-refractivity contribution < 1.29 is 9.53 Å². The lowest BCUT2D eigenvalue weighted by Gasteiger charge is -2.31. The average molecular weight is 594 g/mol. The molecule has 1 fully saturated rings. The van der Waals surface area contributed by atoms with E-state index in [1.807, 2.05) is 23.6 Å². The molecule has 0 atom stereocenters. The van der Waals surface area contributed by atoms with Crippen LogP contribution in [0, 0.1) is 0 Å². The third-order valence-corrected chi connectivity index (χ3v) is 8.36. The Morgan fingerprint density at radius 1 is 1.12 bits per heavy atom. The topological polar surface area (TPSA) is 107 Å². The summed E-state index contributed by atoms with van der Waals surface area (Å²) in [6.45, 7) is 3.20. The summed E-state index contributed by atoms with van der Waals surface area (Å²) in [5.41, 5.74) is 1.71. The summed E-state index contributed by atoms with van der Waals surface area (Å²) in [5, 5.41) is 11.5. The molecule has 1 N–H and O–H groups in total. The number of anilines is 2. The van der Waals surface area contributed by atoms with E-state index >= 15 is 0 Å². The summed E-state index contributed by atoms with van der Waals surface area (Å²) >= 11 is 8.99. The van der Waals surface area contributed by atoms with E-state index in [9.17, 15) is 9.59 Å². The van der Waals surface area contributed by atoms with Gasteiger partial charge in [-0.3, -0.25) is 24.1 Å². The highest BCUT2D eigenvalue weighted by atomic mass is 35.5. The molecule has 13 heteroatoms. The van der Waals surface area contributed by atoms with E-state index in [1.165, 1.54) is 27.4 Å². The number of carbonyl (C=O) groups excluding carboxylic acids is 1. The highest BCUT2D eigenvalue weighted by molar-refractivity contribution is 7.16. The summed E-state index contributed by atoms with van der Waals surface area (Å²) in [5.74, 6) is 0.960. The third-order valence-electron chi connectivity index (χ3n) is 6.44. The van der Waals surface area contributed by atoms with Crippen molar-refractivity contribution in [2.75, 3.05) is 36.5 Å². The number of thiophene rings is 2. The molecule has 6 heterocycles. The van der Waals surface area contributed by atoms with Crippen LogP contribution in [0.15, 0.2) is 70.5 Å². The average Bonchev–Trinajstić information content (AvgIpc) is 3.75. The molecule has 1 saturated heterocycles. The lowest BCUT2D eigenvalue weighted by atomic mass is 10.2. The van der Waals surface area contributed by atoms with Crippen LogP contribution in [0.25, 0.3) is 11.3 Å². The van der Waals surface area contributed by atoms with Gasteiger partial charge in [-0.1, -0.05) is 11.6 Å². The van der Waals surface area contributed by atoms with E-state index < -0.39 is 0 Å². The predicted octanol–water partition coefficient (Wildman–Crippen LogP) is 4.46. The van der Waals surface area contributed by atoms with Crippen LogP contribution < -0.4 is 15.8 Å². The highest BCUT2D eigenvalue weighted by Gasteiger charge is 2.22. The fourth-order valence-electron chi connectivity index (χ4n) is 4.48. The zero-order valence-corrected chi connectivity index (χ0v) is 23.6. The maximum Gasteiger partial charge on any atom is 0.280 e. The predicted molar refractivity (Wildman–Crippen MR) is 157 cm³/mol. The molecular formula is C27H24ClN7O3S2. The van der Waals surface area contributed by atoms with E-state index in [-0.39, 0.29) is 18.0 Å². The fraction of sp³-hybridized carbons (Fsp3) is 0.222. The summed E-state index contributed by atoms with van der Waals surface area (Å²) in [6, 6.07) is 10.9. The molecule has 1 aliphatic heterocycles. The second-order valence-electron chi connectivity index (χ2n) is 9.00. The van der Waals surface area contributed by atoms with Gasteiger partial charge in [0.2, 0.25) is 0 Å². The quantitative estimate of drug-likeness (QED) is 0.281. The zero-order valence-electron chi connectivity index (χ0n) is 21.2. The van der Waals surface area contributed by atoms with E-state index in [0.717, 1.165) is 10.7 Å². The SMILES string of the molecule is O=C(c1ccsc1)n1nc(-c2ccc(N3CCOCC3)n(Cc3cnccn3)c2=O)cc1NCc1ccc(Cl)s1. The van der Waals surface area contributed by atoms with Gasteiger partial charge in [0.15, 0.2) is 0 Å². The van der Waals surface area contributed by atoms with Crippen molar-refractivity contribution in [3.05, 3.63) is 96.6 Å². The van der Waals surface area contributed by atoms with E-state index in [4.69, 9.17) is 16.3 Å². The van der Waals surface area contributed by atoms with Crippen molar-refractivity contribution in [2.45, 2.75) is 13.1 Å². The number of pyridine rings is 1. The first kappa shape index (κ1) is 26.4. The molecule has 0 bridgehead atoms. The van der Waals surface area contributed by atoms with Crippen molar-refractivity contribution in [2.24, 2.45) is 0 Å². The van der Waals surface area contributed by atoms with Crippen molar-refractivity contribution in [1.82, 2.24) is 24.3 Å². The molecule has 5 aromatic rings. The standard InChI is InChI=1S/C27H24ClN7O3S2/c28-23-3-1-20(40-23)15-31-24-13-22(32-35(24)26(36)18-5-12-39-17-18)21-2-4-25(33-8-10-38-11-9-33)34(27(21)37)16-19-14-29-6-7-30-19/h1-7,12-14,17,31H,8-11,15-16H2. The second-order valence-corrected chi connectivity index (χ2v) is 11.6. The van der Waals surface area contributed by atoms with Crippen molar-refractivity contribution in [3.8, 4) is 11.3 Å². The zero-order chi connectivity index (χ0) is 27.5. The van der Waals surface area contributed by atoms with Crippen LogP contribution in [0.4, 0.5) is 11.6 Å². The number of hydrogen-bond acceptors (Lipinski definition) is 10. The first-order valence-electron chi connectivity index (χ1n) is 12.5. The van der Waals surface area contributed by atoms with Gasteiger partial charge >= 0.3 is 0 Å². The highest BCUT2D eigenvalue weighted by Crippen LogP contribution is 2.26. The molecule has 5 aromatic heterocycles. The Labute approximate surface area is 242 Å². The molecule has 0 unspecified atom stereocenters. The molecule has 0 saturated carbocycles. The molecule has 0 radical (unpaired) electrons. The molecule has 0 amide bonds. The monoisotopic (exact) mass is 593 g/mol. The number of hydrogen-bond donors (Lipinski definition) is 1. The minimum absolute atomic E-state index is 0.237. The number of nitrogens with one attached hydrogen (secondary N) is 1. The lowest BCUT2D eigenvalue weighted by molar-refractivity contribution is 0.0948. The van der Waals surface area contributed by atoms with E-state index in [2.05, 4.69) is 25.3 Å². The number of carbonyl (C=O) groups is 1. The van der Waals surface area contributed by atoms with Gasteiger partial charge in [-0.25, -0.2) is 0 Å². The van der Waals surface area contributed by atoms with Gasteiger partial charge in [0.05, 0.1) is 53.7 Å². The number of nitrogens with zero attached hydrogens (tertiary/aromatic N) is 6. The van der Waals surface area contributed by atoms with Crippen LogP contribution in [-0.4, -0.2) is 56.5 Å². The maximum absolute atomic E-state index is 14.0. The second kappa shape index (κ2) is 11.7. The normalized spacial score (nSPS) is 13.5. The minimum Gasteiger partial charge on any atom is -0.378 e. The van der Waals surface area contributed by atoms with Crippen LogP contribution >= 0.6 is 34.3 Å². The van der Waals surface area contributed by atoms with Gasteiger partial charge < -0.3 is 15.0 Å². The van der Waals surface area contributed by atoms with E-state index in [1.54, 1.807) is 46.7 Å². The van der Waals surface area contributed by atoms with Crippen LogP contribution in [0.3, 0.4) is 0 Å². The summed E-state index contributed by atoms with van der Waals surface area (Å²) in [4.78, 5) is 39.1. The van der Waals surface area contributed by atoms with Crippen LogP contribution in [0.5, 0.6) is 0 Å². The number of rotatable bonds is 8. The van der Waals surface area contributed by atoms with Gasteiger partial charge in [0.1, 0.15) is 17.3 Å².